The van der Waals surface area contributed by atoms with Gasteiger partial charge in [0.15, 0.2) is 0 Å². The quantitative estimate of drug-likeness (QED) is 0.617. The van der Waals surface area contributed by atoms with Crippen LogP contribution in [0.1, 0.15) is 5.56 Å². The van der Waals surface area contributed by atoms with Crippen LogP contribution in [-0.2, 0) is 0 Å². The van der Waals surface area contributed by atoms with E-state index in [0.29, 0.717) is 17.1 Å². The van der Waals surface area contributed by atoms with Gasteiger partial charge in [0.25, 0.3) is 5.56 Å². The van der Waals surface area contributed by atoms with Gasteiger partial charge in [-0.1, -0.05) is 0 Å². The minimum absolute atomic E-state index is 0.223. The Morgan fingerprint density at radius 2 is 1.81 bits per heavy atom. The normalized spacial score (nSPS) is 10.3. The molecule has 16 heavy (non-hydrogen) atoms. The second-order valence-corrected chi connectivity index (χ2v) is 3.55. The Balaban J connectivity index is 2.57. The molecule has 0 bridgehead atoms. The average molecular weight is 216 g/mol. The number of aromatic nitrogens is 2. The first-order valence-corrected chi connectivity index (χ1v) is 4.80. The molecule has 0 fully saturated rings. The maximum absolute atomic E-state index is 11.5. The lowest BCUT2D eigenvalue weighted by Crippen LogP contribution is -2.15. The summed E-state index contributed by atoms with van der Waals surface area (Å²) in [4.78, 5) is 18.3. The van der Waals surface area contributed by atoms with Gasteiger partial charge < -0.3 is 16.5 Å². The van der Waals surface area contributed by atoms with Crippen LogP contribution < -0.4 is 17.0 Å². The van der Waals surface area contributed by atoms with Crippen molar-refractivity contribution in [2.75, 3.05) is 11.5 Å². The molecule has 2 aromatic rings. The second kappa shape index (κ2) is 3.69. The Morgan fingerprint density at radius 3 is 2.38 bits per heavy atom. The zero-order chi connectivity index (χ0) is 11.7. The topological polar surface area (TPSA) is 97.8 Å². The molecule has 5 heteroatoms. The van der Waals surface area contributed by atoms with E-state index in [1.807, 2.05) is 0 Å². The number of H-pyrrole nitrogens is 1. The van der Waals surface area contributed by atoms with Crippen molar-refractivity contribution < 1.29 is 0 Å². The molecule has 0 spiro atoms. The van der Waals surface area contributed by atoms with Crippen molar-refractivity contribution >= 4 is 11.5 Å². The minimum Gasteiger partial charge on any atom is -0.399 e. The summed E-state index contributed by atoms with van der Waals surface area (Å²) in [7, 11) is 0. The van der Waals surface area contributed by atoms with Crippen LogP contribution in [0.15, 0.2) is 29.1 Å². The van der Waals surface area contributed by atoms with Gasteiger partial charge >= 0.3 is 0 Å². The summed E-state index contributed by atoms with van der Waals surface area (Å²) in [5, 5.41) is 0. The van der Waals surface area contributed by atoms with Crippen molar-refractivity contribution in [2.45, 2.75) is 6.92 Å². The zero-order valence-electron chi connectivity index (χ0n) is 8.82. The highest BCUT2D eigenvalue weighted by atomic mass is 16.1. The van der Waals surface area contributed by atoms with E-state index in [1.165, 1.54) is 0 Å². The number of aromatic amines is 1. The van der Waals surface area contributed by atoms with E-state index >= 15 is 0 Å². The fourth-order valence-electron chi connectivity index (χ4n) is 1.33. The maximum atomic E-state index is 11.5. The standard InChI is InChI=1S/C11H12N4O/c1-6-9(13)14-10(15-11(6)16)7-2-4-8(12)5-3-7/h2-5H,12H2,1H3,(H3,13,14,15,16). The fourth-order valence-corrected chi connectivity index (χ4v) is 1.33. The number of nitrogen functional groups attached to an aromatic ring is 2. The van der Waals surface area contributed by atoms with E-state index in [1.54, 1.807) is 31.2 Å². The molecule has 1 aromatic carbocycles. The largest absolute Gasteiger partial charge is 0.399 e. The number of nitrogens with one attached hydrogen (secondary N) is 1. The lowest BCUT2D eigenvalue weighted by Gasteiger charge is -2.04. The van der Waals surface area contributed by atoms with Gasteiger partial charge in [-0.2, -0.15) is 0 Å². The van der Waals surface area contributed by atoms with E-state index in [0.717, 1.165) is 5.56 Å². The van der Waals surface area contributed by atoms with Crippen LogP contribution in [-0.4, -0.2) is 9.97 Å². The third-order valence-electron chi connectivity index (χ3n) is 2.37. The van der Waals surface area contributed by atoms with Gasteiger partial charge in [0.2, 0.25) is 0 Å². The molecule has 0 unspecified atom stereocenters. The van der Waals surface area contributed by atoms with Gasteiger partial charge in [0, 0.05) is 11.3 Å². The number of hydrogen-bond donors (Lipinski definition) is 3. The number of nitrogens with two attached hydrogens (primary N) is 2. The first kappa shape index (κ1) is 10.2. The molecule has 0 amide bonds. The monoisotopic (exact) mass is 216 g/mol. The smallest absolute Gasteiger partial charge is 0.256 e. The molecule has 0 radical (unpaired) electrons. The molecular formula is C11H12N4O. The summed E-state index contributed by atoms with van der Waals surface area (Å²) in [5.74, 6) is 0.698. The molecule has 0 saturated carbocycles. The van der Waals surface area contributed by atoms with Gasteiger partial charge in [-0.3, -0.25) is 4.79 Å². The number of nitrogens with zero attached hydrogens (tertiary/aromatic N) is 1. The van der Waals surface area contributed by atoms with Crippen molar-refractivity contribution in [3.8, 4) is 11.4 Å². The highest BCUT2D eigenvalue weighted by Crippen LogP contribution is 2.16. The van der Waals surface area contributed by atoms with E-state index in [9.17, 15) is 4.79 Å². The minimum atomic E-state index is -0.223. The third-order valence-corrected chi connectivity index (χ3v) is 2.37. The molecule has 0 aliphatic carbocycles. The van der Waals surface area contributed by atoms with Crippen LogP contribution in [0.5, 0.6) is 0 Å². The summed E-state index contributed by atoms with van der Waals surface area (Å²) < 4.78 is 0. The van der Waals surface area contributed by atoms with Crippen LogP contribution in [0, 0.1) is 6.92 Å². The Morgan fingerprint density at radius 1 is 1.19 bits per heavy atom. The number of anilines is 2. The Hall–Kier alpha value is -2.30. The maximum Gasteiger partial charge on any atom is 0.256 e. The van der Waals surface area contributed by atoms with Crippen molar-refractivity contribution in [3.63, 3.8) is 0 Å². The first-order chi connectivity index (χ1) is 7.58. The van der Waals surface area contributed by atoms with Gasteiger partial charge in [0.05, 0.1) is 5.56 Å². The molecule has 82 valence electrons. The zero-order valence-corrected chi connectivity index (χ0v) is 8.82. The van der Waals surface area contributed by atoms with E-state index in [2.05, 4.69) is 9.97 Å². The summed E-state index contributed by atoms with van der Waals surface area (Å²) in [6, 6.07) is 7.04. The molecule has 0 saturated heterocycles. The fraction of sp³-hybridized carbons (Fsp3) is 0.0909. The molecule has 2 rings (SSSR count). The molecule has 1 heterocycles. The summed E-state index contributed by atoms with van der Waals surface area (Å²) in [6.45, 7) is 1.63. The van der Waals surface area contributed by atoms with Crippen molar-refractivity contribution in [2.24, 2.45) is 0 Å². The second-order valence-electron chi connectivity index (χ2n) is 3.55. The Bertz CT molecular complexity index is 572. The summed E-state index contributed by atoms with van der Waals surface area (Å²) in [6.07, 6.45) is 0. The summed E-state index contributed by atoms with van der Waals surface area (Å²) >= 11 is 0. The number of hydrogen-bond acceptors (Lipinski definition) is 4. The molecule has 5 N–H and O–H groups in total. The number of benzene rings is 1. The van der Waals surface area contributed by atoms with Crippen molar-refractivity contribution in [1.82, 2.24) is 9.97 Å². The first-order valence-electron chi connectivity index (χ1n) is 4.80. The third kappa shape index (κ3) is 1.75. The van der Waals surface area contributed by atoms with Gasteiger partial charge in [0.1, 0.15) is 11.6 Å². The van der Waals surface area contributed by atoms with E-state index in [4.69, 9.17) is 11.5 Å². The summed E-state index contributed by atoms with van der Waals surface area (Å²) in [5.41, 5.74) is 12.8. The predicted octanol–water partition coefficient (Wildman–Crippen LogP) is 0.910. The van der Waals surface area contributed by atoms with Crippen LogP contribution in [0.2, 0.25) is 0 Å². The highest BCUT2D eigenvalue weighted by molar-refractivity contribution is 5.60. The van der Waals surface area contributed by atoms with E-state index < -0.39 is 0 Å². The van der Waals surface area contributed by atoms with Crippen LogP contribution in [0.25, 0.3) is 11.4 Å². The average Bonchev–Trinajstić information content (AvgIpc) is 2.26. The molecule has 0 aliphatic rings. The van der Waals surface area contributed by atoms with Gasteiger partial charge in [-0.15, -0.1) is 0 Å². The SMILES string of the molecule is Cc1c(N)nc(-c2ccc(N)cc2)[nH]c1=O. The lowest BCUT2D eigenvalue weighted by atomic mass is 10.2. The van der Waals surface area contributed by atoms with E-state index in [-0.39, 0.29) is 11.4 Å². The van der Waals surface area contributed by atoms with Crippen molar-refractivity contribution in [1.29, 1.82) is 0 Å². The molecular weight excluding hydrogens is 204 g/mol. The predicted molar refractivity (Wildman–Crippen MR) is 63.9 cm³/mol. The van der Waals surface area contributed by atoms with Crippen LogP contribution >= 0.6 is 0 Å². The Labute approximate surface area is 92.1 Å². The highest BCUT2D eigenvalue weighted by Gasteiger charge is 2.05. The molecule has 0 atom stereocenters. The van der Waals surface area contributed by atoms with Crippen LogP contribution in [0.3, 0.4) is 0 Å². The van der Waals surface area contributed by atoms with Crippen LogP contribution in [0.4, 0.5) is 11.5 Å². The van der Waals surface area contributed by atoms with Gasteiger partial charge in [-0.25, -0.2) is 4.98 Å². The Kier molecular flexibility index (Phi) is 2.36. The van der Waals surface area contributed by atoms with Gasteiger partial charge in [-0.05, 0) is 31.2 Å². The van der Waals surface area contributed by atoms with Crippen molar-refractivity contribution in [3.05, 3.63) is 40.2 Å². The lowest BCUT2D eigenvalue weighted by molar-refractivity contribution is 1.10. The number of rotatable bonds is 1. The molecule has 1 aromatic heterocycles. The molecule has 0 aliphatic heterocycles. The molecule has 5 nitrogen and oxygen atoms in total.